The fourth-order valence-electron chi connectivity index (χ4n) is 3.02. The molecule has 0 aliphatic carbocycles. The van der Waals surface area contributed by atoms with Gasteiger partial charge in [0, 0.05) is 18.2 Å². The zero-order chi connectivity index (χ0) is 14.8. The average Bonchev–Trinajstić information content (AvgIpc) is 2.85. The summed E-state index contributed by atoms with van der Waals surface area (Å²) in [4.78, 5) is 15.8. The first-order valence-corrected chi connectivity index (χ1v) is 8.68. The van der Waals surface area contributed by atoms with Crippen LogP contribution in [0, 0.1) is 0 Å². The molecule has 3 rings (SSSR count). The topological polar surface area (TPSA) is 55.1 Å². The summed E-state index contributed by atoms with van der Waals surface area (Å²) >= 11 is 2.00. The number of carbonyl (C=O) groups is 1. The van der Waals surface area contributed by atoms with Gasteiger partial charge in [0.1, 0.15) is 5.82 Å². The van der Waals surface area contributed by atoms with Crippen LogP contribution in [0.4, 0.5) is 0 Å². The lowest BCUT2D eigenvalue weighted by Gasteiger charge is -2.25. The minimum atomic E-state index is -0.892. The summed E-state index contributed by atoms with van der Waals surface area (Å²) in [5.41, 5.74) is 2.21. The molecule has 0 saturated carbocycles. The van der Waals surface area contributed by atoms with Crippen molar-refractivity contribution in [2.45, 2.75) is 38.6 Å². The lowest BCUT2D eigenvalue weighted by molar-refractivity contribution is 0.0697. The van der Waals surface area contributed by atoms with E-state index in [0.717, 1.165) is 35.5 Å². The Morgan fingerprint density at radius 3 is 3.05 bits per heavy atom. The summed E-state index contributed by atoms with van der Waals surface area (Å²) in [5, 5.41) is 9.13. The van der Waals surface area contributed by atoms with Gasteiger partial charge >= 0.3 is 5.97 Å². The fraction of sp³-hybridized carbons (Fsp3) is 0.500. The first-order chi connectivity index (χ1) is 10.2. The molecule has 2 aromatic rings. The highest BCUT2D eigenvalue weighted by Crippen LogP contribution is 2.32. The third kappa shape index (κ3) is 2.79. The summed E-state index contributed by atoms with van der Waals surface area (Å²) in [6.45, 7) is 2.15. The maximum absolute atomic E-state index is 11.1. The molecule has 0 amide bonds. The van der Waals surface area contributed by atoms with Crippen LogP contribution in [0.25, 0.3) is 11.0 Å². The van der Waals surface area contributed by atoms with E-state index in [9.17, 15) is 4.79 Å². The number of imidazole rings is 1. The molecule has 1 aliphatic heterocycles. The van der Waals surface area contributed by atoms with Crippen molar-refractivity contribution in [3.63, 3.8) is 0 Å². The molecule has 1 atom stereocenters. The molecule has 1 aromatic carbocycles. The second kappa shape index (κ2) is 6.10. The predicted molar refractivity (Wildman–Crippen MR) is 86.3 cm³/mol. The number of carboxylic acid groups (broad SMARTS) is 1. The van der Waals surface area contributed by atoms with Gasteiger partial charge in [-0.1, -0.05) is 6.92 Å². The van der Waals surface area contributed by atoms with Crippen molar-refractivity contribution in [3.05, 3.63) is 29.6 Å². The van der Waals surface area contributed by atoms with Gasteiger partial charge in [-0.25, -0.2) is 9.78 Å². The zero-order valence-corrected chi connectivity index (χ0v) is 13.0. The van der Waals surface area contributed by atoms with E-state index in [1.54, 1.807) is 12.1 Å². The number of fused-ring (bicyclic) bond motifs is 1. The molecule has 1 aromatic heterocycles. The van der Waals surface area contributed by atoms with E-state index < -0.39 is 5.97 Å². The molecule has 1 saturated heterocycles. The number of rotatable bonds is 4. The van der Waals surface area contributed by atoms with Crippen LogP contribution in [0.2, 0.25) is 0 Å². The van der Waals surface area contributed by atoms with Gasteiger partial charge in [-0.2, -0.15) is 11.8 Å². The van der Waals surface area contributed by atoms with Crippen molar-refractivity contribution >= 4 is 28.8 Å². The molecule has 4 nitrogen and oxygen atoms in total. The third-order valence-electron chi connectivity index (χ3n) is 3.98. The van der Waals surface area contributed by atoms with Crippen LogP contribution in [0.1, 0.15) is 48.4 Å². The van der Waals surface area contributed by atoms with Crippen LogP contribution in [0.3, 0.4) is 0 Å². The summed E-state index contributed by atoms with van der Waals surface area (Å²) in [6.07, 6.45) is 4.43. The van der Waals surface area contributed by atoms with E-state index in [4.69, 9.17) is 10.1 Å². The molecule has 21 heavy (non-hydrogen) atoms. The molecule has 2 heterocycles. The van der Waals surface area contributed by atoms with E-state index in [0.29, 0.717) is 11.6 Å². The lowest BCUT2D eigenvalue weighted by atomic mass is 10.1. The van der Waals surface area contributed by atoms with Crippen LogP contribution in [-0.2, 0) is 6.42 Å². The number of benzene rings is 1. The van der Waals surface area contributed by atoms with Gasteiger partial charge in [0.05, 0.1) is 16.6 Å². The zero-order valence-electron chi connectivity index (χ0n) is 12.2. The highest BCUT2D eigenvalue weighted by Gasteiger charge is 2.21. The third-order valence-corrected chi connectivity index (χ3v) is 5.18. The Hall–Kier alpha value is -1.49. The molecule has 0 spiro atoms. The molecular weight excluding hydrogens is 284 g/mol. The molecular formula is C16H20N2O2S. The van der Waals surface area contributed by atoms with Gasteiger partial charge in [0.2, 0.25) is 0 Å². The Labute approximate surface area is 128 Å². The molecule has 112 valence electrons. The van der Waals surface area contributed by atoms with E-state index in [2.05, 4.69) is 11.5 Å². The normalized spacial score (nSPS) is 19.0. The second-order valence-corrected chi connectivity index (χ2v) is 6.68. The number of nitrogens with zero attached hydrogens (tertiary/aromatic N) is 2. The van der Waals surface area contributed by atoms with Crippen LogP contribution in [-0.4, -0.2) is 32.1 Å². The number of hydrogen-bond acceptors (Lipinski definition) is 3. The van der Waals surface area contributed by atoms with Gasteiger partial charge in [0.15, 0.2) is 0 Å². The van der Waals surface area contributed by atoms with Gasteiger partial charge < -0.3 is 9.67 Å². The highest BCUT2D eigenvalue weighted by molar-refractivity contribution is 7.99. The molecule has 0 bridgehead atoms. The average molecular weight is 304 g/mol. The monoisotopic (exact) mass is 304 g/mol. The van der Waals surface area contributed by atoms with E-state index in [1.165, 1.54) is 18.6 Å². The number of aromatic nitrogens is 2. The van der Waals surface area contributed by atoms with Crippen LogP contribution in [0.15, 0.2) is 18.2 Å². The van der Waals surface area contributed by atoms with Gasteiger partial charge in [0.25, 0.3) is 0 Å². The smallest absolute Gasteiger partial charge is 0.335 e. The SMILES string of the molecule is CCCc1nc2cc(C(=O)O)ccc2n1C1CCCSC1. The van der Waals surface area contributed by atoms with Gasteiger partial charge in [-0.3, -0.25) is 0 Å². The Kier molecular flexibility index (Phi) is 4.19. The van der Waals surface area contributed by atoms with Crippen LogP contribution in [0.5, 0.6) is 0 Å². The first-order valence-electron chi connectivity index (χ1n) is 7.52. The van der Waals surface area contributed by atoms with Crippen molar-refractivity contribution in [2.24, 2.45) is 0 Å². The van der Waals surface area contributed by atoms with Gasteiger partial charge in [-0.15, -0.1) is 0 Å². The quantitative estimate of drug-likeness (QED) is 0.934. The number of aromatic carboxylic acids is 1. The number of hydrogen-bond donors (Lipinski definition) is 1. The molecule has 1 N–H and O–H groups in total. The van der Waals surface area contributed by atoms with Gasteiger partial charge in [-0.05, 0) is 43.2 Å². The maximum atomic E-state index is 11.1. The molecule has 1 aliphatic rings. The summed E-state index contributed by atoms with van der Waals surface area (Å²) in [7, 11) is 0. The Morgan fingerprint density at radius 1 is 1.52 bits per heavy atom. The number of carboxylic acids is 1. The van der Waals surface area contributed by atoms with Crippen LogP contribution < -0.4 is 0 Å². The molecule has 1 unspecified atom stereocenters. The number of aryl methyl sites for hydroxylation is 1. The summed E-state index contributed by atoms with van der Waals surface area (Å²) in [5.74, 6) is 2.58. The first kappa shape index (κ1) is 14.4. The van der Waals surface area contributed by atoms with E-state index >= 15 is 0 Å². The van der Waals surface area contributed by atoms with Crippen molar-refractivity contribution in [3.8, 4) is 0 Å². The standard InChI is InChI=1S/C16H20N2O2S/c1-2-4-15-17-13-9-11(16(19)20)6-7-14(13)18(15)12-5-3-8-21-10-12/h6-7,9,12H,2-5,8,10H2,1H3,(H,19,20). The largest absolute Gasteiger partial charge is 0.478 e. The maximum Gasteiger partial charge on any atom is 0.335 e. The number of thioether (sulfide) groups is 1. The van der Waals surface area contributed by atoms with E-state index in [1.807, 2.05) is 17.8 Å². The molecule has 0 radical (unpaired) electrons. The highest BCUT2D eigenvalue weighted by atomic mass is 32.2. The Bertz CT molecular complexity index is 660. The predicted octanol–water partition coefficient (Wildman–Crippen LogP) is 3.76. The van der Waals surface area contributed by atoms with Crippen molar-refractivity contribution in [1.29, 1.82) is 0 Å². The summed E-state index contributed by atoms with van der Waals surface area (Å²) in [6, 6.07) is 5.80. The molecule has 5 heteroatoms. The Balaban J connectivity index is 2.10. The minimum absolute atomic E-state index is 0.313. The van der Waals surface area contributed by atoms with Crippen molar-refractivity contribution in [1.82, 2.24) is 9.55 Å². The lowest BCUT2D eigenvalue weighted by Crippen LogP contribution is -2.18. The second-order valence-electron chi connectivity index (χ2n) is 5.53. The minimum Gasteiger partial charge on any atom is -0.478 e. The fourth-order valence-corrected chi connectivity index (χ4v) is 4.14. The van der Waals surface area contributed by atoms with Crippen molar-refractivity contribution < 1.29 is 9.90 Å². The van der Waals surface area contributed by atoms with Crippen LogP contribution >= 0.6 is 11.8 Å². The van der Waals surface area contributed by atoms with E-state index in [-0.39, 0.29) is 0 Å². The summed E-state index contributed by atoms with van der Waals surface area (Å²) < 4.78 is 2.36. The molecule has 1 fully saturated rings. The van der Waals surface area contributed by atoms with Crippen molar-refractivity contribution in [2.75, 3.05) is 11.5 Å². The Morgan fingerprint density at radius 2 is 2.38 bits per heavy atom.